The summed E-state index contributed by atoms with van der Waals surface area (Å²) in [5.41, 5.74) is 1.17. The molecule has 3 heteroatoms. The van der Waals surface area contributed by atoms with Crippen molar-refractivity contribution in [3.8, 4) is 0 Å². The Bertz CT molecular complexity index is 580. The number of hydrogen-bond acceptors (Lipinski definition) is 3. The van der Waals surface area contributed by atoms with Gasteiger partial charge in [0.2, 0.25) is 0 Å². The van der Waals surface area contributed by atoms with Gasteiger partial charge in [0, 0.05) is 12.3 Å². The highest BCUT2D eigenvalue weighted by Crippen LogP contribution is 2.46. The quantitative estimate of drug-likeness (QED) is 0.491. The van der Waals surface area contributed by atoms with Gasteiger partial charge < -0.3 is 14.9 Å². The van der Waals surface area contributed by atoms with Crippen LogP contribution in [0, 0.1) is 11.8 Å². The predicted octanol–water partition coefficient (Wildman–Crippen LogP) is 4.05. The van der Waals surface area contributed by atoms with Crippen LogP contribution in [0.5, 0.6) is 0 Å². The SMILES string of the molecule is OCC=CCCCCC1C2CCC(O2)C1C=CC(O)Cc1ccccc1. The van der Waals surface area contributed by atoms with Gasteiger partial charge in [0.05, 0.1) is 24.9 Å². The summed E-state index contributed by atoms with van der Waals surface area (Å²) in [5, 5.41) is 19.1. The Kier molecular flexibility index (Phi) is 7.48. The minimum absolute atomic E-state index is 0.137. The molecule has 5 unspecified atom stereocenters. The molecule has 2 bridgehead atoms. The lowest BCUT2D eigenvalue weighted by molar-refractivity contribution is 0.0884. The lowest BCUT2D eigenvalue weighted by Crippen LogP contribution is -2.26. The molecule has 2 aliphatic heterocycles. The first-order valence-corrected chi connectivity index (χ1v) is 10.1. The second kappa shape index (κ2) is 10.1. The van der Waals surface area contributed by atoms with Crippen LogP contribution in [-0.2, 0) is 11.2 Å². The Morgan fingerprint density at radius 3 is 2.69 bits per heavy atom. The van der Waals surface area contributed by atoms with E-state index in [1.807, 2.05) is 30.4 Å². The molecule has 3 nitrogen and oxygen atoms in total. The summed E-state index contributed by atoms with van der Waals surface area (Å²) in [5.74, 6) is 1.04. The first-order chi connectivity index (χ1) is 12.8. The summed E-state index contributed by atoms with van der Waals surface area (Å²) in [7, 11) is 0. The smallest absolute Gasteiger partial charge is 0.0761 e. The molecule has 0 saturated carbocycles. The molecule has 2 heterocycles. The van der Waals surface area contributed by atoms with Gasteiger partial charge in [-0.2, -0.15) is 0 Å². The summed E-state index contributed by atoms with van der Waals surface area (Å²) in [6.07, 6.45) is 16.0. The number of fused-ring (bicyclic) bond motifs is 2. The molecule has 5 atom stereocenters. The first-order valence-electron chi connectivity index (χ1n) is 10.1. The Morgan fingerprint density at radius 2 is 1.88 bits per heavy atom. The van der Waals surface area contributed by atoms with Gasteiger partial charge in [-0.25, -0.2) is 0 Å². The maximum absolute atomic E-state index is 10.4. The predicted molar refractivity (Wildman–Crippen MR) is 105 cm³/mol. The fraction of sp³-hybridized carbons (Fsp3) is 0.565. The Balaban J connectivity index is 1.49. The van der Waals surface area contributed by atoms with Gasteiger partial charge in [-0.1, -0.05) is 61.1 Å². The molecule has 2 saturated heterocycles. The van der Waals surface area contributed by atoms with Gasteiger partial charge in [0.25, 0.3) is 0 Å². The van der Waals surface area contributed by atoms with Crippen LogP contribution in [0.2, 0.25) is 0 Å². The van der Waals surface area contributed by atoms with Crippen LogP contribution >= 0.6 is 0 Å². The number of rotatable bonds is 10. The second-order valence-corrected chi connectivity index (χ2v) is 7.61. The zero-order chi connectivity index (χ0) is 18.2. The standard InChI is InChI=1S/C23H32O3/c24-16-8-3-1-2-7-11-20-21(23-15-14-22(20)26-23)13-12-19(25)17-18-9-5-4-6-10-18/h3-6,8-10,12-13,19-25H,1-2,7,11,14-17H2. The summed E-state index contributed by atoms with van der Waals surface area (Å²) >= 11 is 0. The molecule has 1 aromatic rings. The van der Waals surface area contributed by atoms with E-state index in [-0.39, 0.29) is 6.61 Å². The van der Waals surface area contributed by atoms with Crippen molar-refractivity contribution in [2.45, 2.75) is 63.3 Å². The largest absolute Gasteiger partial charge is 0.392 e. The fourth-order valence-corrected chi connectivity index (χ4v) is 4.47. The molecule has 2 N–H and O–H groups in total. The number of aliphatic hydroxyl groups is 2. The molecule has 0 aliphatic carbocycles. The molecule has 3 rings (SSSR count). The summed E-state index contributed by atoms with van der Waals surface area (Å²) in [4.78, 5) is 0. The molecule has 26 heavy (non-hydrogen) atoms. The number of allylic oxidation sites excluding steroid dienone is 1. The van der Waals surface area contributed by atoms with E-state index in [0.717, 1.165) is 19.3 Å². The van der Waals surface area contributed by atoms with Crippen LogP contribution in [0.25, 0.3) is 0 Å². The van der Waals surface area contributed by atoms with Crippen molar-refractivity contribution >= 4 is 0 Å². The number of benzene rings is 1. The molecule has 2 fully saturated rings. The molecule has 0 aromatic heterocycles. The molecular weight excluding hydrogens is 324 g/mol. The summed E-state index contributed by atoms with van der Waals surface area (Å²) in [6.45, 7) is 0.137. The van der Waals surface area contributed by atoms with Crippen LogP contribution in [0.4, 0.5) is 0 Å². The highest BCUT2D eigenvalue weighted by atomic mass is 16.5. The van der Waals surface area contributed by atoms with E-state index in [1.165, 1.54) is 24.8 Å². The van der Waals surface area contributed by atoms with Crippen molar-refractivity contribution in [1.82, 2.24) is 0 Å². The molecule has 2 aliphatic rings. The zero-order valence-electron chi connectivity index (χ0n) is 15.5. The van der Waals surface area contributed by atoms with Gasteiger partial charge >= 0.3 is 0 Å². The van der Waals surface area contributed by atoms with Crippen molar-refractivity contribution in [2.75, 3.05) is 6.61 Å². The van der Waals surface area contributed by atoms with Crippen molar-refractivity contribution in [3.05, 3.63) is 60.2 Å². The van der Waals surface area contributed by atoms with Crippen LogP contribution < -0.4 is 0 Å². The highest BCUT2D eigenvalue weighted by molar-refractivity contribution is 5.17. The molecule has 1 aromatic carbocycles. The number of ether oxygens (including phenoxy) is 1. The van der Waals surface area contributed by atoms with E-state index in [4.69, 9.17) is 9.84 Å². The van der Waals surface area contributed by atoms with Crippen molar-refractivity contribution < 1.29 is 14.9 Å². The molecule has 0 radical (unpaired) electrons. The number of aliphatic hydroxyl groups excluding tert-OH is 2. The normalized spacial score (nSPS) is 29.2. The van der Waals surface area contributed by atoms with Crippen molar-refractivity contribution in [3.63, 3.8) is 0 Å². The molecule has 0 spiro atoms. The van der Waals surface area contributed by atoms with E-state index in [1.54, 1.807) is 0 Å². The van der Waals surface area contributed by atoms with E-state index in [2.05, 4.69) is 24.3 Å². The Labute approximate surface area is 157 Å². The maximum Gasteiger partial charge on any atom is 0.0761 e. The second-order valence-electron chi connectivity index (χ2n) is 7.61. The van der Waals surface area contributed by atoms with Crippen LogP contribution in [0.1, 0.15) is 44.1 Å². The average molecular weight is 357 g/mol. The fourth-order valence-electron chi connectivity index (χ4n) is 4.47. The third-order valence-corrected chi connectivity index (χ3v) is 5.76. The number of hydrogen-bond donors (Lipinski definition) is 2. The number of unbranched alkanes of at least 4 members (excludes halogenated alkanes) is 2. The Morgan fingerprint density at radius 1 is 1.08 bits per heavy atom. The molecule has 0 amide bonds. The van der Waals surface area contributed by atoms with Crippen molar-refractivity contribution in [2.24, 2.45) is 11.8 Å². The molecule has 142 valence electrons. The van der Waals surface area contributed by atoms with Crippen molar-refractivity contribution in [1.29, 1.82) is 0 Å². The van der Waals surface area contributed by atoms with Gasteiger partial charge in [-0.3, -0.25) is 0 Å². The van der Waals surface area contributed by atoms with Gasteiger partial charge in [0.1, 0.15) is 0 Å². The van der Waals surface area contributed by atoms with Crippen LogP contribution in [0.3, 0.4) is 0 Å². The van der Waals surface area contributed by atoms with Gasteiger partial charge in [-0.15, -0.1) is 0 Å². The third kappa shape index (κ3) is 5.29. The van der Waals surface area contributed by atoms with E-state index < -0.39 is 6.10 Å². The van der Waals surface area contributed by atoms with Crippen LogP contribution in [0.15, 0.2) is 54.6 Å². The zero-order valence-corrected chi connectivity index (χ0v) is 15.5. The van der Waals surface area contributed by atoms with E-state index in [0.29, 0.717) is 30.5 Å². The first kappa shape index (κ1) is 19.3. The Hall–Kier alpha value is -1.42. The minimum atomic E-state index is -0.430. The lowest BCUT2D eigenvalue weighted by Gasteiger charge is -2.26. The molecular formula is C23H32O3. The summed E-state index contributed by atoms with van der Waals surface area (Å²) < 4.78 is 6.16. The average Bonchev–Trinajstić information content (AvgIpc) is 3.25. The minimum Gasteiger partial charge on any atom is -0.392 e. The monoisotopic (exact) mass is 356 g/mol. The highest BCUT2D eigenvalue weighted by Gasteiger charge is 2.46. The van der Waals surface area contributed by atoms with Gasteiger partial charge in [0.15, 0.2) is 0 Å². The maximum atomic E-state index is 10.4. The third-order valence-electron chi connectivity index (χ3n) is 5.76. The van der Waals surface area contributed by atoms with E-state index >= 15 is 0 Å². The lowest BCUT2D eigenvalue weighted by atomic mass is 9.76. The van der Waals surface area contributed by atoms with E-state index in [9.17, 15) is 5.11 Å². The topological polar surface area (TPSA) is 49.7 Å². The van der Waals surface area contributed by atoms with Gasteiger partial charge in [-0.05, 0) is 43.6 Å². The van der Waals surface area contributed by atoms with Crippen LogP contribution in [-0.4, -0.2) is 35.1 Å². The summed E-state index contributed by atoms with van der Waals surface area (Å²) in [6, 6.07) is 10.2.